The molecule has 0 aliphatic heterocycles. The summed E-state index contributed by atoms with van der Waals surface area (Å²) in [5.74, 6) is 0. The maximum Gasteiger partial charge on any atom is 0.137 e. The molecule has 0 saturated carbocycles. The van der Waals surface area contributed by atoms with E-state index in [0.717, 1.165) is 13.0 Å². The highest BCUT2D eigenvalue weighted by molar-refractivity contribution is 5.28. The zero-order valence-electron chi connectivity index (χ0n) is 10.7. The molecule has 0 amide bonds. The number of benzene rings is 1. The highest BCUT2D eigenvalue weighted by Gasteiger charge is 2.17. The second kappa shape index (κ2) is 4.70. The van der Waals surface area contributed by atoms with Gasteiger partial charge in [0.15, 0.2) is 0 Å². The van der Waals surface area contributed by atoms with E-state index in [2.05, 4.69) is 55.1 Å². The van der Waals surface area contributed by atoms with Crippen molar-refractivity contribution in [1.29, 1.82) is 0 Å². The zero-order valence-corrected chi connectivity index (χ0v) is 10.7. The lowest BCUT2D eigenvalue weighted by atomic mass is 9.82. The van der Waals surface area contributed by atoms with Crippen molar-refractivity contribution in [2.45, 2.75) is 39.2 Å². The summed E-state index contributed by atoms with van der Waals surface area (Å²) in [4.78, 5) is 3.94. The van der Waals surface area contributed by atoms with Crippen LogP contribution in [-0.4, -0.2) is 14.8 Å². The Labute approximate surface area is 103 Å². The first-order valence-electron chi connectivity index (χ1n) is 6.03. The van der Waals surface area contributed by atoms with Gasteiger partial charge in [-0.05, 0) is 23.0 Å². The number of hydrogen-bond donors (Lipinski definition) is 0. The average Bonchev–Trinajstić information content (AvgIpc) is 2.83. The Morgan fingerprint density at radius 3 is 2.41 bits per heavy atom. The van der Waals surface area contributed by atoms with Crippen molar-refractivity contribution in [2.24, 2.45) is 0 Å². The van der Waals surface area contributed by atoms with E-state index < -0.39 is 0 Å². The van der Waals surface area contributed by atoms with Gasteiger partial charge in [-0.2, -0.15) is 5.10 Å². The first-order chi connectivity index (χ1) is 8.12. The quantitative estimate of drug-likeness (QED) is 0.807. The van der Waals surface area contributed by atoms with Crippen LogP contribution in [0.25, 0.3) is 0 Å². The van der Waals surface area contributed by atoms with E-state index in [4.69, 9.17) is 0 Å². The average molecular weight is 229 g/mol. The van der Waals surface area contributed by atoms with Gasteiger partial charge in [0.2, 0.25) is 0 Å². The molecule has 0 atom stereocenters. The minimum absolute atomic E-state index is 0.256. The highest BCUT2D eigenvalue weighted by atomic mass is 15.3. The van der Waals surface area contributed by atoms with E-state index >= 15 is 0 Å². The molecule has 0 aliphatic rings. The van der Waals surface area contributed by atoms with E-state index in [1.165, 1.54) is 11.1 Å². The summed E-state index contributed by atoms with van der Waals surface area (Å²) in [7, 11) is 0. The van der Waals surface area contributed by atoms with Crippen molar-refractivity contribution in [2.75, 3.05) is 0 Å². The molecule has 0 radical (unpaired) electrons. The Kier molecular flexibility index (Phi) is 3.27. The summed E-state index contributed by atoms with van der Waals surface area (Å²) < 4.78 is 1.83. The highest BCUT2D eigenvalue weighted by Crippen LogP contribution is 2.26. The molecular formula is C14H19N3. The molecule has 17 heavy (non-hydrogen) atoms. The predicted octanol–water partition coefficient (Wildman–Crippen LogP) is 3.01. The van der Waals surface area contributed by atoms with Crippen LogP contribution in [0.1, 0.15) is 38.3 Å². The van der Waals surface area contributed by atoms with Crippen LogP contribution in [0.3, 0.4) is 0 Å². The third kappa shape index (κ3) is 2.73. The first kappa shape index (κ1) is 11.8. The molecule has 0 aliphatic carbocycles. The van der Waals surface area contributed by atoms with Gasteiger partial charge >= 0.3 is 0 Å². The lowest BCUT2D eigenvalue weighted by Gasteiger charge is -2.23. The van der Waals surface area contributed by atoms with Crippen LogP contribution >= 0.6 is 0 Å². The Morgan fingerprint density at radius 1 is 1.18 bits per heavy atom. The molecule has 90 valence electrons. The van der Waals surface area contributed by atoms with E-state index in [9.17, 15) is 0 Å². The molecule has 0 spiro atoms. The number of aromatic nitrogens is 3. The van der Waals surface area contributed by atoms with Crippen LogP contribution in [0.4, 0.5) is 0 Å². The fraction of sp³-hybridized carbons (Fsp3) is 0.429. The molecule has 1 aromatic carbocycles. The Balaban J connectivity index is 2.13. The summed E-state index contributed by atoms with van der Waals surface area (Å²) in [6, 6.07) is 8.79. The summed E-state index contributed by atoms with van der Waals surface area (Å²) in [5, 5.41) is 4.10. The van der Waals surface area contributed by atoms with Gasteiger partial charge < -0.3 is 0 Å². The molecule has 0 unspecified atom stereocenters. The first-order valence-corrected chi connectivity index (χ1v) is 6.03. The van der Waals surface area contributed by atoms with E-state index in [-0.39, 0.29) is 5.41 Å². The van der Waals surface area contributed by atoms with Crippen molar-refractivity contribution in [3.8, 4) is 0 Å². The van der Waals surface area contributed by atoms with Gasteiger partial charge in [0, 0.05) is 0 Å². The third-order valence-corrected chi connectivity index (χ3v) is 3.43. The minimum atomic E-state index is 0.256. The number of hydrogen-bond acceptors (Lipinski definition) is 2. The van der Waals surface area contributed by atoms with Gasteiger partial charge in [0.05, 0.1) is 6.54 Å². The largest absolute Gasteiger partial charge is 0.249 e. The van der Waals surface area contributed by atoms with Crippen molar-refractivity contribution >= 4 is 0 Å². The number of rotatable bonds is 4. The molecule has 1 heterocycles. The predicted molar refractivity (Wildman–Crippen MR) is 68.9 cm³/mol. The summed E-state index contributed by atoms with van der Waals surface area (Å²) in [6.07, 6.45) is 4.45. The second-order valence-electron chi connectivity index (χ2n) is 5.03. The lowest BCUT2D eigenvalue weighted by Crippen LogP contribution is -2.15. The Bertz CT molecular complexity index is 455. The monoisotopic (exact) mass is 229 g/mol. The van der Waals surface area contributed by atoms with Crippen molar-refractivity contribution in [1.82, 2.24) is 14.8 Å². The summed E-state index contributed by atoms with van der Waals surface area (Å²) in [6.45, 7) is 7.56. The van der Waals surface area contributed by atoms with E-state index in [1.807, 2.05) is 4.68 Å². The topological polar surface area (TPSA) is 30.7 Å². The minimum Gasteiger partial charge on any atom is -0.249 e. The Hall–Kier alpha value is -1.64. The van der Waals surface area contributed by atoms with Gasteiger partial charge in [0.25, 0.3) is 0 Å². The molecular weight excluding hydrogens is 210 g/mol. The molecule has 0 saturated heterocycles. The second-order valence-corrected chi connectivity index (χ2v) is 5.03. The summed E-state index contributed by atoms with van der Waals surface area (Å²) >= 11 is 0. The smallest absolute Gasteiger partial charge is 0.137 e. The Morgan fingerprint density at radius 2 is 1.88 bits per heavy atom. The maximum atomic E-state index is 4.10. The van der Waals surface area contributed by atoms with Crippen LogP contribution in [0.15, 0.2) is 36.9 Å². The van der Waals surface area contributed by atoms with Crippen molar-refractivity contribution in [3.63, 3.8) is 0 Å². The lowest BCUT2D eigenvalue weighted by molar-refractivity contribution is 0.506. The molecule has 3 nitrogen and oxygen atoms in total. The molecule has 0 bridgehead atoms. The third-order valence-electron chi connectivity index (χ3n) is 3.43. The van der Waals surface area contributed by atoms with Gasteiger partial charge in [-0.1, -0.05) is 45.0 Å². The molecule has 0 N–H and O–H groups in total. The van der Waals surface area contributed by atoms with Gasteiger partial charge in [0.1, 0.15) is 12.7 Å². The van der Waals surface area contributed by atoms with Crippen LogP contribution in [-0.2, 0) is 12.0 Å². The molecule has 2 rings (SSSR count). The van der Waals surface area contributed by atoms with Gasteiger partial charge in [-0.3, -0.25) is 0 Å². The van der Waals surface area contributed by atoms with Crippen LogP contribution in [0, 0.1) is 0 Å². The number of nitrogens with zero attached hydrogens (tertiary/aromatic N) is 3. The van der Waals surface area contributed by atoms with Crippen LogP contribution < -0.4 is 0 Å². The fourth-order valence-electron chi connectivity index (χ4n) is 1.77. The molecule has 1 aromatic heterocycles. The van der Waals surface area contributed by atoms with E-state index in [0.29, 0.717) is 0 Å². The maximum absolute atomic E-state index is 4.10. The van der Waals surface area contributed by atoms with Crippen LogP contribution in [0.2, 0.25) is 0 Å². The van der Waals surface area contributed by atoms with Gasteiger partial charge in [-0.25, -0.2) is 9.67 Å². The van der Waals surface area contributed by atoms with Crippen molar-refractivity contribution in [3.05, 3.63) is 48.0 Å². The molecule has 3 heteroatoms. The molecule has 0 fully saturated rings. The fourth-order valence-corrected chi connectivity index (χ4v) is 1.77. The SMILES string of the molecule is CCC(C)(C)c1ccc(Cn2cncn2)cc1. The van der Waals surface area contributed by atoms with Crippen molar-refractivity contribution < 1.29 is 0 Å². The van der Waals surface area contributed by atoms with Gasteiger partial charge in [-0.15, -0.1) is 0 Å². The normalized spacial score (nSPS) is 11.7. The molecule has 2 aromatic rings. The standard InChI is InChI=1S/C14H19N3/c1-4-14(2,3)13-7-5-12(6-8-13)9-17-11-15-10-16-17/h5-8,10-11H,4,9H2,1-3H3. The summed E-state index contributed by atoms with van der Waals surface area (Å²) in [5.41, 5.74) is 2.90. The zero-order chi connectivity index (χ0) is 12.3. The van der Waals surface area contributed by atoms with Crippen LogP contribution in [0.5, 0.6) is 0 Å². The van der Waals surface area contributed by atoms with E-state index in [1.54, 1.807) is 12.7 Å².